The number of amides is 1. The van der Waals surface area contributed by atoms with Crippen LogP contribution < -0.4 is 10.5 Å². The average Bonchev–Trinajstić information content (AvgIpc) is 3.15. The molecule has 1 aromatic rings. The van der Waals surface area contributed by atoms with E-state index in [1.807, 2.05) is 35.2 Å². The van der Waals surface area contributed by atoms with Crippen LogP contribution >= 0.6 is 23.5 Å². The zero-order valence-corrected chi connectivity index (χ0v) is 12.9. The minimum Gasteiger partial charge on any atom is -0.491 e. The Morgan fingerprint density at radius 1 is 1.43 bits per heavy atom. The van der Waals surface area contributed by atoms with Crippen LogP contribution in [-0.4, -0.2) is 40.3 Å². The summed E-state index contributed by atoms with van der Waals surface area (Å²) in [4.78, 5) is 17.9. The number of nitrogens with zero attached hydrogens (tertiary/aromatic N) is 2. The number of benzene rings is 1. The van der Waals surface area contributed by atoms with Crippen LogP contribution in [0.15, 0.2) is 46.4 Å². The molecule has 1 unspecified atom stereocenters. The Labute approximate surface area is 131 Å². The van der Waals surface area contributed by atoms with Crippen LogP contribution in [0.3, 0.4) is 0 Å². The summed E-state index contributed by atoms with van der Waals surface area (Å²) < 4.78 is 5.80. The quantitative estimate of drug-likeness (QED) is 0.917. The van der Waals surface area contributed by atoms with Gasteiger partial charge in [0.2, 0.25) is 0 Å². The van der Waals surface area contributed by atoms with E-state index in [9.17, 15) is 4.79 Å². The summed E-state index contributed by atoms with van der Waals surface area (Å²) in [6.07, 6.45) is 0. The van der Waals surface area contributed by atoms with E-state index in [2.05, 4.69) is 4.99 Å². The van der Waals surface area contributed by atoms with E-state index in [-0.39, 0.29) is 5.37 Å². The molecule has 3 rings (SSSR count). The molecule has 0 fully saturated rings. The number of hydrogen-bond donors (Lipinski definition) is 1. The van der Waals surface area contributed by atoms with Gasteiger partial charge in [0.1, 0.15) is 23.4 Å². The van der Waals surface area contributed by atoms with Gasteiger partial charge in [-0.2, -0.15) is 0 Å². The lowest BCUT2D eigenvalue weighted by atomic mass is 10.3. The molecular formula is C14H15N3O2S2. The molecule has 5 nitrogen and oxygen atoms in total. The van der Waals surface area contributed by atoms with Crippen LogP contribution in [0.5, 0.6) is 5.75 Å². The molecule has 0 spiro atoms. The molecule has 0 saturated carbocycles. The van der Waals surface area contributed by atoms with Crippen LogP contribution in [-0.2, 0) is 4.79 Å². The molecule has 2 heterocycles. The van der Waals surface area contributed by atoms with E-state index in [1.54, 1.807) is 17.2 Å². The molecule has 0 radical (unpaired) electrons. The number of primary amides is 1. The normalized spacial score (nSPS) is 21.1. The highest BCUT2D eigenvalue weighted by Gasteiger charge is 2.35. The number of carbonyl (C=O) groups is 1. The van der Waals surface area contributed by atoms with Gasteiger partial charge in [0, 0.05) is 11.2 Å². The van der Waals surface area contributed by atoms with Crippen LogP contribution in [0.4, 0.5) is 0 Å². The Bertz CT molecular complexity index is 589. The topological polar surface area (TPSA) is 67.9 Å². The molecule has 1 amide bonds. The first-order valence-electron chi connectivity index (χ1n) is 6.55. The SMILES string of the molecule is NC(=O)C1=CSC(COc2ccccc2)N1C1=NCCS1. The summed E-state index contributed by atoms with van der Waals surface area (Å²) in [5.41, 5.74) is 5.95. The number of hydrogen-bond acceptors (Lipinski definition) is 6. The van der Waals surface area contributed by atoms with Gasteiger partial charge in [0.15, 0.2) is 5.17 Å². The van der Waals surface area contributed by atoms with Crippen LogP contribution in [0.25, 0.3) is 0 Å². The van der Waals surface area contributed by atoms with Gasteiger partial charge in [-0.3, -0.25) is 14.7 Å². The highest BCUT2D eigenvalue weighted by Crippen LogP contribution is 2.35. The maximum atomic E-state index is 11.6. The van der Waals surface area contributed by atoms with Gasteiger partial charge in [-0.15, -0.1) is 11.8 Å². The van der Waals surface area contributed by atoms with Crippen molar-refractivity contribution in [3.63, 3.8) is 0 Å². The van der Waals surface area contributed by atoms with Crippen LogP contribution in [0.2, 0.25) is 0 Å². The second-order valence-corrected chi connectivity index (χ2v) is 6.58. The Hall–Kier alpha value is -1.60. The number of para-hydroxylation sites is 1. The average molecular weight is 321 g/mol. The fourth-order valence-electron chi connectivity index (χ4n) is 2.09. The second kappa shape index (κ2) is 6.44. The van der Waals surface area contributed by atoms with Gasteiger partial charge in [-0.05, 0) is 12.1 Å². The van der Waals surface area contributed by atoms with Crippen molar-refractivity contribution < 1.29 is 9.53 Å². The van der Waals surface area contributed by atoms with Crippen molar-refractivity contribution in [2.24, 2.45) is 10.7 Å². The van der Waals surface area contributed by atoms with E-state index < -0.39 is 5.91 Å². The Morgan fingerprint density at radius 3 is 2.90 bits per heavy atom. The highest BCUT2D eigenvalue weighted by atomic mass is 32.2. The van der Waals surface area contributed by atoms with Crippen molar-refractivity contribution >= 4 is 34.6 Å². The number of ether oxygens (including phenoxy) is 1. The predicted octanol–water partition coefficient (Wildman–Crippen LogP) is 1.87. The maximum absolute atomic E-state index is 11.6. The molecule has 7 heteroatoms. The first kappa shape index (κ1) is 14.3. The van der Waals surface area contributed by atoms with Crippen LogP contribution in [0, 0.1) is 0 Å². The lowest BCUT2D eigenvalue weighted by Crippen LogP contribution is -2.39. The van der Waals surface area contributed by atoms with E-state index in [1.165, 1.54) is 11.8 Å². The minimum atomic E-state index is -0.431. The van der Waals surface area contributed by atoms with Gasteiger partial charge in [-0.25, -0.2) is 0 Å². The third-order valence-electron chi connectivity index (χ3n) is 3.05. The van der Waals surface area contributed by atoms with Gasteiger partial charge in [-0.1, -0.05) is 30.0 Å². The van der Waals surface area contributed by atoms with Gasteiger partial charge in [0.05, 0.1) is 6.54 Å². The second-order valence-electron chi connectivity index (χ2n) is 4.46. The maximum Gasteiger partial charge on any atom is 0.265 e. The van der Waals surface area contributed by atoms with Crippen molar-refractivity contribution in [2.45, 2.75) is 5.37 Å². The molecule has 0 aromatic heterocycles. The molecule has 2 N–H and O–H groups in total. The molecular weight excluding hydrogens is 306 g/mol. The van der Waals surface area contributed by atoms with E-state index >= 15 is 0 Å². The fraction of sp³-hybridized carbons (Fsp3) is 0.286. The van der Waals surface area contributed by atoms with E-state index in [0.717, 1.165) is 23.2 Å². The largest absolute Gasteiger partial charge is 0.491 e. The fourth-order valence-corrected chi connectivity index (χ4v) is 4.06. The zero-order valence-electron chi connectivity index (χ0n) is 11.3. The molecule has 21 heavy (non-hydrogen) atoms. The van der Waals surface area contributed by atoms with Crippen molar-refractivity contribution in [3.05, 3.63) is 41.4 Å². The Morgan fingerprint density at radius 2 is 2.24 bits per heavy atom. The molecule has 0 saturated heterocycles. The number of rotatable bonds is 4. The van der Waals surface area contributed by atoms with Crippen molar-refractivity contribution in [3.8, 4) is 5.75 Å². The number of thioether (sulfide) groups is 2. The predicted molar refractivity (Wildman–Crippen MR) is 87.2 cm³/mol. The van der Waals surface area contributed by atoms with Crippen molar-refractivity contribution in [2.75, 3.05) is 18.9 Å². The van der Waals surface area contributed by atoms with Gasteiger partial charge in [0.25, 0.3) is 5.91 Å². The molecule has 110 valence electrons. The third kappa shape index (κ3) is 3.19. The standard InChI is InChI=1S/C14H15N3O2S2/c15-13(18)11-9-21-12(17(11)14-16-6-7-20-14)8-19-10-4-2-1-3-5-10/h1-5,9,12H,6-8H2,(H2,15,18). The van der Waals surface area contributed by atoms with Gasteiger partial charge < -0.3 is 10.5 Å². The Kier molecular flexibility index (Phi) is 4.40. The smallest absolute Gasteiger partial charge is 0.265 e. The zero-order chi connectivity index (χ0) is 14.7. The highest BCUT2D eigenvalue weighted by molar-refractivity contribution is 8.14. The minimum absolute atomic E-state index is 0.0166. The summed E-state index contributed by atoms with van der Waals surface area (Å²) in [6.45, 7) is 1.24. The summed E-state index contributed by atoms with van der Waals surface area (Å²) in [5.74, 6) is 1.32. The van der Waals surface area contributed by atoms with Gasteiger partial charge >= 0.3 is 0 Å². The lowest BCUT2D eigenvalue weighted by Gasteiger charge is -2.26. The van der Waals surface area contributed by atoms with Crippen LogP contribution in [0.1, 0.15) is 0 Å². The number of carbonyl (C=O) groups excluding carboxylic acids is 1. The third-order valence-corrected chi connectivity index (χ3v) is 5.04. The van der Waals surface area contributed by atoms with E-state index in [4.69, 9.17) is 10.5 Å². The first-order chi connectivity index (χ1) is 10.3. The molecule has 2 aliphatic rings. The number of amidine groups is 1. The number of nitrogens with two attached hydrogens (primary N) is 1. The van der Waals surface area contributed by atoms with E-state index in [0.29, 0.717) is 12.3 Å². The monoisotopic (exact) mass is 321 g/mol. The first-order valence-corrected chi connectivity index (χ1v) is 8.48. The van der Waals surface area contributed by atoms with Crippen molar-refractivity contribution in [1.29, 1.82) is 0 Å². The Balaban J connectivity index is 1.71. The molecule has 0 bridgehead atoms. The summed E-state index contributed by atoms with van der Waals surface area (Å²) >= 11 is 3.18. The molecule has 2 aliphatic heterocycles. The number of aliphatic imine (C=N–C) groups is 1. The lowest BCUT2D eigenvalue weighted by molar-refractivity contribution is -0.115. The molecule has 1 atom stereocenters. The summed E-state index contributed by atoms with van der Waals surface area (Å²) in [5, 5.41) is 2.63. The molecule has 1 aromatic carbocycles. The van der Waals surface area contributed by atoms with Crippen molar-refractivity contribution in [1.82, 2.24) is 4.90 Å². The molecule has 0 aliphatic carbocycles. The summed E-state index contributed by atoms with van der Waals surface area (Å²) in [7, 11) is 0. The summed E-state index contributed by atoms with van der Waals surface area (Å²) in [6, 6.07) is 9.63.